The molecule has 0 saturated carbocycles. The minimum absolute atomic E-state index is 0.0780. The molecule has 0 aliphatic heterocycles. The molecule has 1 aromatic rings. The molecule has 0 unspecified atom stereocenters. The Hall–Kier alpha value is -1.72. The monoisotopic (exact) mass is 426 g/mol. The maximum Gasteiger partial charge on any atom is 0.106 e. The molecule has 0 fully saturated rings. The number of benzene rings is 1. The standard InChI is InChI=1S/C21H35ClN2O.2CH2O/c1-19(2,3)20(4,5)14-18(23-8)24-17(13-21(6,7)25)15-11-9-10-12-16(15)22;2*1-2/h9-12,17,25H,13-14H2,1-8H3,(H,23,24);2*1H2/t17-;;/m0../s1. The van der Waals surface area contributed by atoms with Crippen LogP contribution >= 0.6 is 11.6 Å². The van der Waals surface area contributed by atoms with E-state index in [0.717, 1.165) is 17.8 Å². The van der Waals surface area contributed by atoms with Crippen LogP contribution in [0.5, 0.6) is 0 Å². The molecule has 166 valence electrons. The summed E-state index contributed by atoms with van der Waals surface area (Å²) < 4.78 is 0. The van der Waals surface area contributed by atoms with Crippen LogP contribution in [0.1, 0.15) is 72.9 Å². The Labute approximate surface area is 182 Å². The zero-order valence-corrected chi connectivity index (χ0v) is 20.1. The molecule has 0 radical (unpaired) electrons. The second-order valence-corrected chi connectivity index (χ2v) is 9.62. The molecule has 5 nitrogen and oxygen atoms in total. The van der Waals surface area contributed by atoms with Crippen LogP contribution in [0.25, 0.3) is 0 Å². The molecular formula is C23H39ClN2O3. The van der Waals surface area contributed by atoms with Crippen molar-refractivity contribution < 1.29 is 14.7 Å². The fourth-order valence-corrected chi connectivity index (χ4v) is 2.84. The van der Waals surface area contributed by atoms with Crippen molar-refractivity contribution in [3.8, 4) is 0 Å². The van der Waals surface area contributed by atoms with E-state index in [9.17, 15) is 5.11 Å². The summed E-state index contributed by atoms with van der Waals surface area (Å²) in [6.07, 6.45) is 1.38. The summed E-state index contributed by atoms with van der Waals surface area (Å²) in [5, 5.41) is 14.6. The lowest BCUT2D eigenvalue weighted by Gasteiger charge is -2.40. The van der Waals surface area contributed by atoms with E-state index in [1.165, 1.54) is 0 Å². The molecule has 0 amide bonds. The van der Waals surface area contributed by atoms with Gasteiger partial charge in [0.2, 0.25) is 0 Å². The zero-order chi connectivity index (χ0) is 23.5. The van der Waals surface area contributed by atoms with Crippen molar-refractivity contribution in [3.63, 3.8) is 0 Å². The van der Waals surface area contributed by atoms with E-state index in [4.69, 9.17) is 21.2 Å². The van der Waals surface area contributed by atoms with E-state index in [0.29, 0.717) is 11.4 Å². The first-order chi connectivity index (χ1) is 13.3. The SMILES string of the molecule is C=O.C=O.CN=C(CC(C)(C)C(C)(C)C)N[C@@H](CC(C)(C)O)c1ccccc1Cl. The highest BCUT2D eigenvalue weighted by Crippen LogP contribution is 2.41. The van der Waals surface area contributed by atoms with Crippen LogP contribution < -0.4 is 5.32 Å². The smallest absolute Gasteiger partial charge is 0.106 e. The van der Waals surface area contributed by atoms with Crippen LogP contribution in [0.2, 0.25) is 5.02 Å². The average Bonchev–Trinajstić information content (AvgIpc) is 2.62. The third kappa shape index (κ3) is 10.6. The summed E-state index contributed by atoms with van der Waals surface area (Å²) >= 11 is 6.42. The number of nitrogens with one attached hydrogen (secondary N) is 1. The Balaban J connectivity index is 0. The Morgan fingerprint density at radius 2 is 1.55 bits per heavy atom. The van der Waals surface area contributed by atoms with Crippen LogP contribution in [0.15, 0.2) is 29.3 Å². The average molecular weight is 427 g/mol. The van der Waals surface area contributed by atoms with Gasteiger partial charge in [0, 0.05) is 18.5 Å². The summed E-state index contributed by atoms with van der Waals surface area (Å²) in [4.78, 5) is 20.5. The number of halogens is 1. The molecule has 0 spiro atoms. The van der Waals surface area contributed by atoms with Gasteiger partial charge in [-0.1, -0.05) is 64.4 Å². The topological polar surface area (TPSA) is 78.8 Å². The Bertz CT molecular complexity index is 630. The highest BCUT2D eigenvalue weighted by Gasteiger charge is 2.34. The van der Waals surface area contributed by atoms with E-state index in [1.807, 2.05) is 58.7 Å². The Kier molecular flexibility index (Phi) is 13.0. The van der Waals surface area contributed by atoms with Gasteiger partial charge in [-0.3, -0.25) is 4.99 Å². The summed E-state index contributed by atoms with van der Waals surface area (Å²) in [6.45, 7) is 18.9. The van der Waals surface area contributed by atoms with E-state index in [1.54, 1.807) is 0 Å². The van der Waals surface area contributed by atoms with Crippen molar-refractivity contribution in [2.45, 2.75) is 73.0 Å². The highest BCUT2D eigenvalue weighted by atomic mass is 35.5. The summed E-state index contributed by atoms with van der Waals surface area (Å²) in [5.41, 5.74) is 0.408. The lowest BCUT2D eigenvalue weighted by atomic mass is 9.67. The number of aliphatic imine (C=N–C) groups is 1. The number of rotatable bonds is 6. The zero-order valence-electron chi connectivity index (χ0n) is 19.3. The molecule has 0 saturated heterocycles. The molecule has 6 heteroatoms. The molecule has 0 aliphatic rings. The molecule has 0 bridgehead atoms. The molecule has 0 aliphatic carbocycles. The minimum atomic E-state index is -0.810. The van der Waals surface area contributed by atoms with Crippen LogP contribution in [0.3, 0.4) is 0 Å². The van der Waals surface area contributed by atoms with Gasteiger partial charge in [-0.05, 0) is 42.7 Å². The van der Waals surface area contributed by atoms with Crippen molar-refractivity contribution >= 4 is 31.0 Å². The first-order valence-corrected chi connectivity index (χ1v) is 9.91. The second-order valence-electron chi connectivity index (χ2n) is 9.22. The lowest BCUT2D eigenvalue weighted by molar-refractivity contribution is -0.0987. The van der Waals surface area contributed by atoms with Gasteiger partial charge in [-0.15, -0.1) is 0 Å². The van der Waals surface area contributed by atoms with Gasteiger partial charge in [0.1, 0.15) is 13.6 Å². The summed E-state index contributed by atoms with van der Waals surface area (Å²) in [5.74, 6) is 0.939. The van der Waals surface area contributed by atoms with Crippen molar-refractivity contribution in [1.29, 1.82) is 0 Å². The number of hydrogen-bond donors (Lipinski definition) is 2. The predicted molar refractivity (Wildman–Crippen MR) is 124 cm³/mol. The van der Waals surface area contributed by atoms with Crippen LogP contribution in [0.4, 0.5) is 0 Å². The van der Waals surface area contributed by atoms with E-state index < -0.39 is 5.60 Å². The van der Waals surface area contributed by atoms with Gasteiger partial charge in [0.15, 0.2) is 0 Å². The molecular weight excluding hydrogens is 388 g/mol. The fraction of sp³-hybridized carbons (Fsp3) is 0.609. The minimum Gasteiger partial charge on any atom is -0.390 e. The number of carbonyl (C=O) groups is 2. The van der Waals surface area contributed by atoms with Crippen LogP contribution in [-0.2, 0) is 9.59 Å². The quantitative estimate of drug-likeness (QED) is 0.480. The van der Waals surface area contributed by atoms with Crippen molar-refractivity contribution in [2.24, 2.45) is 15.8 Å². The predicted octanol–water partition coefficient (Wildman–Crippen LogP) is 5.25. The summed E-state index contributed by atoms with van der Waals surface area (Å²) in [7, 11) is 1.81. The number of carbonyl (C=O) groups excluding carboxylic acids is 2. The van der Waals surface area contributed by atoms with Gasteiger partial charge in [-0.25, -0.2) is 0 Å². The molecule has 1 atom stereocenters. The maximum absolute atomic E-state index is 10.4. The van der Waals surface area contributed by atoms with E-state index in [2.05, 4.69) is 44.9 Å². The number of hydrogen-bond acceptors (Lipinski definition) is 4. The molecule has 1 rings (SSSR count). The van der Waals surface area contributed by atoms with Crippen molar-refractivity contribution in [1.82, 2.24) is 5.32 Å². The molecule has 1 aromatic carbocycles. The lowest BCUT2D eigenvalue weighted by Crippen LogP contribution is -2.39. The fourth-order valence-electron chi connectivity index (χ4n) is 2.58. The third-order valence-electron chi connectivity index (χ3n) is 5.23. The van der Waals surface area contributed by atoms with Gasteiger partial charge in [0.05, 0.1) is 17.5 Å². The molecule has 2 N–H and O–H groups in total. The van der Waals surface area contributed by atoms with Gasteiger partial charge >= 0.3 is 0 Å². The van der Waals surface area contributed by atoms with Crippen molar-refractivity contribution in [3.05, 3.63) is 34.9 Å². The number of aliphatic hydroxyl groups is 1. The van der Waals surface area contributed by atoms with E-state index in [-0.39, 0.29) is 16.9 Å². The van der Waals surface area contributed by atoms with Gasteiger partial charge in [0.25, 0.3) is 0 Å². The third-order valence-corrected chi connectivity index (χ3v) is 5.58. The van der Waals surface area contributed by atoms with Gasteiger partial charge < -0.3 is 20.0 Å². The van der Waals surface area contributed by atoms with E-state index >= 15 is 0 Å². The summed E-state index contributed by atoms with van der Waals surface area (Å²) in [6, 6.07) is 7.70. The first kappa shape index (κ1) is 29.5. The van der Waals surface area contributed by atoms with Crippen LogP contribution in [-0.4, -0.2) is 37.2 Å². The number of amidine groups is 1. The molecule has 0 heterocycles. The number of nitrogens with zero attached hydrogens (tertiary/aromatic N) is 1. The molecule has 0 aromatic heterocycles. The largest absolute Gasteiger partial charge is 0.390 e. The Morgan fingerprint density at radius 3 is 1.93 bits per heavy atom. The Morgan fingerprint density at radius 1 is 1.07 bits per heavy atom. The van der Waals surface area contributed by atoms with Crippen LogP contribution in [0, 0.1) is 10.8 Å². The van der Waals surface area contributed by atoms with Gasteiger partial charge in [-0.2, -0.15) is 0 Å². The van der Waals surface area contributed by atoms with Crippen molar-refractivity contribution in [2.75, 3.05) is 7.05 Å². The second kappa shape index (κ2) is 12.8. The molecule has 29 heavy (non-hydrogen) atoms. The maximum atomic E-state index is 10.4. The first-order valence-electron chi connectivity index (χ1n) is 9.53. The normalized spacial score (nSPS) is 13.4. The highest BCUT2D eigenvalue weighted by molar-refractivity contribution is 6.31.